The third-order valence-corrected chi connectivity index (χ3v) is 5.66. The zero-order valence-corrected chi connectivity index (χ0v) is 21.0. The number of oxazole rings is 1. The van der Waals surface area contributed by atoms with Gasteiger partial charge >= 0.3 is 0 Å². The Morgan fingerprint density at radius 3 is 1.92 bits per heavy atom. The molecule has 184 valence electrons. The average molecular weight is 484 g/mol. The molecule has 0 aliphatic rings. The van der Waals surface area contributed by atoms with E-state index in [0.717, 1.165) is 5.56 Å². The molecule has 36 heavy (non-hydrogen) atoms. The Morgan fingerprint density at radius 2 is 1.36 bits per heavy atom. The molecule has 0 bridgehead atoms. The first-order chi connectivity index (χ1) is 17.1. The van der Waals surface area contributed by atoms with E-state index in [1.807, 2.05) is 24.3 Å². The van der Waals surface area contributed by atoms with Crippen molar-refractivity contribution in [2.75, 3.05) is 17.7 Å². The van der Waals surface area contributed by atoms with Gasteiger partial charge in [-0.15, -0.1) is 0 Å². The third kappa shape index (κ3) is 5.63. The molecule has 0 fully saturated rings. The lowest BCUT2D eigenvalue weighted by molar-refractivity contribution is -0.114. The van der Waals surface area contributed by atoms with Gasteiger partial charge in [-0.1, -0.05) is 32.9 Å². The number of anilines is 2. The number of nitrogens with zero attached hydrogens (tertiary/aromatic N) is 1. The van der Waals surface area contributed by atoms with E-state index in [1.54, 1.807) is 55.6 Å². The number of aromatic nitrogens is 1. The molecule has 1 aromatic heterocycles. The van der Waals surface area contributed by atoms with Gasteiger partial charge in [-0.05, 0) is 71.6 Å². The van der Waals surface area contributed by atoms with Crippen LogP contribution in [0, 0.1) is 0 Å². The summed E-state index contributed by atoms with van der Waals surface area (Å²) in [6, 6.07) is 22.1. The van der Waals surface area contributed by atoms with E-state index in [2.05, 4.69) is 36.4 Å². The Labute approximate surface area is 210 Å². The van der Waals surface area contributed by atoms with E-state index < -0.39 is 5.91 Å². The van der Waals surface area contributed by atoms with Gasteiger partial charge in [0.2, 0.25) is 11.8 Å². The molecule has 0 saturated carbocycles. The Bertz CT molecular complexity index is 1360. The van der Waals surface area contributed by atoms with Crippen LogP contribution in [0.5, 0.6) is 5.75 Å². The van der Waals surface area contributed by atoms with Crippen molar-refractivity contribution in [2.45, 2.75) is 33.1 Å². The predicted octanol–water partition coefficient (Wildman–Crippen LogP) is 6.53. The predicted molar refractivity (Wildman–Crippen MR) is 141 cm³/mol. The van der Waals surface area contributed by atoms with Crippen LogP contribution in [0.25, 0.3) is 22.8 Å². The van der Waals surface area contributed by atoms with Crippen LogP contribution in [-0.2, 0) is 10.2 Å². The molecule has 0 unspecified atom stereocenters. The molecule has 0 aliphatic carbocycles. The fourth-order valence-electron chi connectivity index (χ4n) is 3.68. The summed E-state index contributed by atoms with van der Waals surface area (Å²) < 4.78 is 11.3. The zero-order valence-electron chi connectivity index (χ0n) is 21.0. The van der Waals surface area contributed by atoms with E-state index in [0.29, 0.717) is 34.3 Å². The lowest BCUT2D eigenvalue weighted by Crippen LogP contribution is -2.13. The normalized spacial score (nSPS) is 11.1. The molecule has 2 N–H and O–H groups in total. The highest BCUT2D eigenvalue weighted by Gasteiger charge is 2.23. The van der Waals surface area contributed by atoms with Crippen molar-refractivity contribution in [3.8, 4) is 28.5 Å². The minimum absolute atomic E-state index is 0.0132. The Hall–Kier alpha value is -4.39. The average Bonchev–Trinajstić information content (AvgIpc) is 3.30. The first-order valence-corrected chi connectivity index (χ1v) is 11.6. The molecule has 4 aromatic rings. The van der Waals surface area contributed by atoms with Crippen LogP contribution >= 0.6 is 0 Å². The quantitative estimate of drug-likeness (QED) is 0.325. The molecule has 0 saturated heterocycles. The van der Waals surface area contributed by atoms with Gasteiger partial charge in [0.15, 0.2) is 11.5 Å². The largest absolute Gasteiger partial charge is 0.497 e. The first-order valence-electron chi connectivity index (χ1n) is 11.6. The van der Waals surface area contributed by atoms with Crippen molar-refractivity contribution >= 4 is 23.2 Å². The molecule has 0 atom stereocenters. The van der Waals surface area contributed by atoms with E-state index in [1.165, 1.54) is 12.5 Å². The maximum Gasteiger partial charge on any atom is 0.278 e. The Balaban J connectivity index is 1.71. The van der Waals surface area contributed by atoms with Crippen molar-refractivity contribution in [2.24, 2.45) is 0 Å². The number of benzene rings is 3. The fraction of sp³-hybridized carbons (Fsp3) is 0.207. The molecule has 1 heterocycles. The number of ether oxygens (including phenoxy) is 1. The van der Waals surface area contributed by atoms with E-state index in [-0.39, 0.29) is 17.0 Å². The second kappa shape index (κ2) is 10.1. The molecule has 0 aliphatic heterocycles. The maximum atomic E-state index is 13.3. The van der Waals surface area contributed by atoms with Gasteiger partial charge < -0.3 is 19.8 Å². The molecule has 0 radical (unpaired) electrons. The first kappa shape index (κ1) is 24.7. The number of rotatable bonds is 6. The maximum absolute atomic E-state index is 13.3. The van der Waals surface area contributed by atoms with Crippen LogP contribution in [0.15, 0.2) is 77.2 Å². The lowest BCUT2D eigenvalue weighted by Gasteiger charge is -2.18. The minimum atomic E-state index is -0.401. The van der Waals surface area contributed by atoms with Gasteiger partial charge in [-0.2, -0.15) is 0 Å². The highest BCUT2D eigenvalue weighted by Crippen LogP contribution is 2.32. The highest BCUT2D eigenvalue weighted by molar-refractivity contribution is 6.07. The van der Waals surface area contributed by atoms with Crippen molar-refractivity contribution in [3.05, 3.63) is 84.1 Å². The fourth-order valence-corrected chi connectivity index (χ4v) is 3.68. The van der Waals surface area contributed by atoms with Gasteiger partial charge in [0.25, 0.3) is 5.91 Å². The van der Waals surface area contributed by atoms with E-state index in [9.17, 15) is 9.59 Å². The van der Waals surface area contributed by atoms with Crippen molar-refractivity contribution in [1.82, 2.24) is 4.98 Å². The van der Waals surface area contributed by atoms with Crippen LogP contribution in [0.1, 0.15) is 43.7 Å². The van der Waals surface area contributed by atoms with Gasteiger partial charge in [-0.3, -0.25) is 9.59 Å². The molecular weight excluding hydrogens is 454 g/mol. The number of nitrogens with one attached hydrogen (secondary N) is 2. The zero-order chi connectivity index (χ0) is 25.9. The van der Waals surface area contributed by atoms with Crippen LogP contribution in [0.3, 0.4) is 0 Å². The second-order valence-corrected chi connectivity index (χ2v) is 9.47. The molecule has 4 rings (SSSR count). The monoisotopic (exact) mass is 483 g/mol. The number of carbonyl (C=O) groups excluding carboxylic acids is 2. The summed E-state index contributed by atoms with van der Waals surface area (Å²) in [5.74, 6) is 0.808. The summed E-state index contributed by atoms with van der Waals surface area (Å²) in [5, 5.41) is 5.61. The summed E-state index contributed by atoms with van der Waals surface area (Å²) in [6.07, 6.45) is 0. The van der Waals surface area contributed by atoms with Crippen LogP contribution in [-0.4, -0.2) is 23.9 Å². The van der Waals surface area contributed by atoms with Crippen molar-refractivity contribution < 1.29 is 18.7 Å². The van der Waals surface area contributed by atoms with Crippen LogP contribution < -0.4 is 15.4 Å². The molecule has 2 amide bonds. The minimum Gasteiger partial charge on any atom is -0.497 e. The summed E-state index contributed by atoms with van der Waals surface area (Å²) in [5.41, 5.74) is 4.04. The molecule has 7 nitrogen and oxygen atoms in total. The number of carbonyl (C=O) groups is 2. The van der Waals surface area contributed by atoms with Gasteiger partial charge in [0.1, 0.15) is 5.75 Å². The van der Waals surface area contributed by atoms with Crippen molar-refractivity contribution in [1.29, 1.82) is 0 Å². The van der Waals surface area contributed by atoms with E-state index in [4.69, 9.17) is 9.15 Å². The van der Waals surface area contributed by atoms with Gasteiger partial charge in [0.05, 0.1) is 7.11 Å². The van der Waals surface area contributed by atoms with Crippen molar-refractivity contribution in [3.63, 3.8) is 0 Å². The van der Waals surface area contributed by atoms with E-state index >= 15 is 0 Å². The number of hydrogen-bond donors (Lipinski definition) is 2. The third-order valence-electron chi connectivity index (χ3n) is 5.66. The number of methoxy groups -OCH3 is 1. The summed E-state index contributed by atoms with van der Waals surface area (Å²) >= 11 is 0. The lowest BCUT2D eigenvalue weighted by atomic mass is 9.87. The second-order valence-electron chi connectivity index (χ2n) is 9.47. The summed E-state index contributed by atoms with van der Waals surface area (Å²) in [7, 11) is 1.59. The number of hydrogen-bond acceptors (Lipinski definition) is 5. The SMILES string of the molecule is COc1ccc(NC(=O)c2nc(-c3ccc(C(C)(C)C)cc3)oc2-c2ccc(NC(C)=O)cc2)cc1. The van der Waals surface area contributed by atoms with Gasteiger partial charge in [0, 0.05) is 29.4 Å². The summed E-state index contributed by atoms with van der Waals surface area (Å²) in [6.45, 7) is 7.90. The molecule has 0 spiro atoms. The standard InChI is InChI=1S/C29H29N3O4/c1-18(33)30-22-12-8-19(9-13-22)26-25(27(34)31-23-14-16-24(35-5)17-15-23)32-28(36-26)20-6-10-21(11-7-20)29(2,3)4/h6-17H,1-5H3,(H,30,33)(H,31,34). The van der Waals surface area contributed by atoms with Crippen LogP contribution in [0.2, 0.25) is 0 Å². The topological polar surface area (TPSA) is 93.5 Å². The summed E-state index contributed by atoms with van der Waals surface area (Å²) in [4.78, 5) is 29.2. The highest BCUT2D eigenvalue weighted by atomic mass is 16.5. The number of amides is 2. The Morgan fingerprint density at radius 1 is 0.806 bits per heavy atom. The Kier molecular flexibility index (Phi) is 6.92. The molecule has 7 heteroatoms. The van der Waals surface area contributed by atoms with Crippen LogP contribution in [0.4, 0.5) is 11.4 Å². The molecule has 3 aromatic carbocycles. The van der Waals surface area contributed by atoms with Gasteiger partial charge in [-0.25, -0.2) is 4.98 Å². The smallest absolute Gasteiger partial charge is 0.278 e. The molecular formula is C29H29N3O4.